The average molecular weight is 333 g/mol. The predicted octanol–water partition coefficient (Wildman–Crippen LogP) is 3.97. The molecule has 0 radical (unpaired) electrons. The molecular weight excluding hydrogens is 309 g/mol. The van der Waals surface area contributed by atoms with Crippen molar-refractivity contribution >= 4 is 11.9 Å². The van der Waals surface area contributed by atoms with Gasteiger partial charge in [-0.25, -0.2) is 9.18 Å². The zero-order chi connectivity index (χ0) is 17.5. The first-order chi connectivity index (χ1) is 11.2. The Morgan fingerprint density at radius 2 is 1.88 bits per heavy atom. The van der Waals surface area contributed by atoms with Crippen molar-refractivity contribution < 1.29 is 18.7 Å². The molecule has 0 aromatic heterocycles. The van der Waals surface area contributed by atoms with Crippen LogP contribution in [-0.2, 0) is 11.2 Å². The number of rotatable bonds is 0. The molecule has 0 bridgehead atoms. The van der Waals surface area contributed by atoms with Crippen LogP contribution < -0.4 is 0 Å². The lowest BCUT2D eigenvalue weighted by atomic mass is 9.66. The molecule has 1 amide bonds. The summed E-state index contributed by atoms with van der Waals surface area (Å²) in [5.41, 5.74) is 0.838. The minimum Gasteiger partial charge on any atom is -0.444 e. The number of fused-ring (bicyclic) bond motifs is 1. The minimum absolute atomic E-state index is 0.0152. The Morgan fingerprint density at radius 3 is 2.50 bits per heavy atom. The number of nitrogens with zero attached hydrogens (tertiary/aromatic N) is 1. The van der Waals surface area contributed by atoms with E-state index in [4.69, 9.17) is 4.74 Å². The molecular formula is C19H24FNO3. The van der Waals surface area contributed by atoms with E-state index in [0.717, 1.165) is 24.8 Å². The van der Waals surface area contributed by atoms with Gasteiger partial charge in [-0.2, -0.15) is 0 Å². The molecule has 1 spiro atoms. The average Bonchev–Trinajstić information content (AvgIpc) is 2.47. The Morgan fingerprint density at radius 1 is 1.21 bits per heavy atom. The van der Waals surface area contributed by atoms with E-state index in [1.54, 1.807) is 11.0 Å². The predicted molar refractivity (Wildman–Crippen MR) is 88.5 cm³/mol. The summed E-state index contributed by atoms with van der Waals surface area (Å²) in [6.45, 7) is 6.75. The molecule has 0 atom stereocenters. The van der Waals surface area contributed by atoms with E-state index < -0.39 is 5.60 Å². The Bertz CT molecular complexity index is 670. The third kappa shape index (κ3) is 3.45. The van der Waals surface area contributed by atoms with Crippen molar-refractivity contribution in [2.75, 3.05) is 13.1 Å². The van der Waals surface area contributed by atoms with Crippen molar-refractivity contribution in [2.45, 2.75) is 52.1 Å². The normalized spacial score (nSPS) is 20.0. The van der Waals surface area contributed by atoms with Gasteiger partial charge in [-0.05, 0) is 63.1 Å². The molecule has 24 heavy (non-hydrogen) atoms. The van der Waals surface area contributed by atoms with Gasteiger partial charge in [-0.3, -0.25) is 4.79 Å². The molecule has 1 aromatic rings. The minimum atomic E-state index is -0.504. The van der Waals surface area contributed by atoms with E-state index in [2.05, 4.69) is 0 Å². The highest BCUT2D eigenvalue weighted by atomic mass is 19.1. The van der Waals surface area contributed by atoms with Crippen LogP contribution in [-0.4, -0.2) is 35.5 Å². The quantitative estimate of drug-likeness (QED) is 0.722. The highest BCUT2D eigenvalue weighted by Crippen LogP contribution is 2.43. The molecule has 1 aliphatic heterocycles. The second kappa shape index (κ2) is 5.87. The molecule has 1 heterocycles. The van der Waals surface area contributed by atoms with Gasteiger partial charge in [-0.1, -0.05) is 6.07 Å². The molecule has 1 saturated heterocycles. The van der Waals surface area contributed by atoms with Crippen LogP contribution in [0.3, 0.4) is 0 Å². The van der Waals surface area contributed by atoms with Gasteiger partial charge in [-0.15, -0.1) is 0 Å². The number of ketones is 1. The fourth-order valence-electron chi connectivity index (χ4n) is 3.71. The van der Waals surface area contributed by atoms with E-state index in [1.807, 2.05) is 20.8 Å². The molecule has 4 nitrogen and oxygen atoms in total. The smallest absolute Gasteiger partial charge is 0.410 e. The second-order valence-corrected chi connectivity index (χ2v) is 8.05. The maximum Gasteiger partial charge on any atom is 0.410 e. The molecule has 1 fully saturated rings. The van der Waals surface area contributed by atoms with Crippen LogP contribution in [0.4, 0.5) is 9.18 Å². The number of halogens is 1. The monoisotopic (exact) mass is 333 g/mol. The molecule has 1 aromatic carbocycles. The van der Waals surface area contributed by atoms with E-state index in [1.165, 1.54) is 12.1 Å². The van der Waals surface area contributed by atoms with E-state index >= 15 is 0 Å². The van der Waals surface area contributed by atoms with E-state index in [9.17, 15) is 14.0 Å². The zero-order valence-corrected chi connectivity index (χ0v) is 14.5. The summed E-state index contributed by atoms with van der Waals surface area (Å²) >= 11 is 0. The van der Waals surface area contributed by atoms with Crippen LogP contribution in [0.2, 0.25) is 0 Å². The fourth-order valence-corrected chi connectivity index (χ4v) is 3.71. The van der Waals surface area contributed by atoms with Crippen molar-refractivity contribution in [1.82, 2.24) is 4.90 Å². The Kier molecular flexibility index (Phi) is 4.14. The molecule has 0 N–H and O–H groups in total. The van der Waals surface area contributed by atoms with Crippen molar-refractivity contribution in [3.05, 3.63) is 35.1 Å². The Balaban J connectivity index is 1.69. The number of likely N-dealkylation sites (tertiary alicyclic amines) is 1. The number of hydrogen-bond donors (Lipinski definition) is 0. The molecule has 1 aliphatic carbocycles. The number of carbonyl (C=O) groups excluding carboxylic acids is 2. The topological polar surface area (TPSA) is 46.6 Å². The lowest BCUT2D eigenvalue weighted by Gasteiger charge is -2.44. The molecule has 0 saturated carbocycles. The lowest BCUT2D eigenvalue weighted by Crippen LogP contribution is -2.47. The summed E-state index contributed by atoms with van der Waals surface area (Å²) in [6.07, 6.45) is 2.47. The lowest BCUT2D eigenvalue weighted by molar-refractivity contribution is 0.00886. The maximum absolute atomic E-state index is 13.4. The molecule has 2 aliphatic rings. The molecule has 5 heteroatoms. The van der Waals surface area contributed by atoms with Gasteiger partial charge < -0.3 is 9.64 Å². The summed E-state index contributed by atoms with van der Waals surface area (Å²) in [4.78, 5) is 26.3. The summed E-state index contributed by atoms with van der Waals surface area (Å²) in [5.74, 6) is -0.348. The standard InChI is InChI=1S/C19H24FNO3/c1-18(2,3)24-17(23)21-8-6-19(7-9-21)11-13-4-5-14(20)10-15(13)16(22)12-19/h4-5,10H,6-9,11-12H2,1-3H3. The van der Waals surface area contributed by atoms with Crippen LogP contribution in [0, 0.1) is 11.2 Å². The number of hydrogen-bond acceptors (Lipinski definition) is 3. The highest BCUT2D eigenvalue weighted by molar-refractivity contribution is 5.99. The second-order valence-electron chi connectivity index (χ2n) is 8.05. The van der Waals surface area contributed by atoms with Crippen LogP contribution >= 0.6 is 0 Å². The largest absolute Gasteiger partial charge is 0.444 e. The van der Waals surface area contributed by atoms with Crippen LogP contribution in [0.5, 0.6) is 0 Å². The van der Waals surface area contributed by atoms with Gasteiger partial charge >= 0.3 is 6.09 Å². The summed E-state index contributed by atoms with van der Waals surface area (Å²) in [7, 11) is 0. The zero-order valence-electron chi connectivity index (χ0n) is 14.5. The third-order valence-corrected chi connectivity index (χ3v) is 4.95. The van der Waals surface area contributed by atoms with E-state index in [-0.39, 0.29) is 23.1 Å². The van der Waals surface area contributed by atoms with Crippen LogP contribution in [0.1, 0.15) is 56.0 Å². The first-order valence-corrected chi connectivity index (χ1v) is 8.47. The SMILES string of the molecule is CC(C)(C)OC(=O)N1CCC2(CC1)CC(=O)c1cc(F)ccc1C2. The van der Waals surface area contributed by atoms with Crippen LogP contribution in [0.25, 0.3) is 0 Å². The van der Waals surface area contributed by atoms with Gasteiger partial charge in [0.15, 0.2) is 5.78 Å². The summed E-state index contributed by atoms with van der Waals surface area (Å²) in [6, 6.07) is 4.49. The van der Waals surface area contributed by atoms with Crippen molar-refractivity contribution in [3.63, 3.8) is 0 Å². The van der Waals surface area contributed by atoms with Gasteiger partial charge in [0.2, 0.25) is 0 Å². The van der Waals surface area contributed by atoms with Crippen molar-refractivity contribution in [3.8, 4) is 0 Å². The number of Topliss-reactive ketones (excluding diaryl/α,β-unsaturated/α-hetero) is 1. The van der Waals surface area contributed by atoms with E-state index in [0.29, 0.717) is 25.1 Å². The first-order valence-electron chi connectivity index (χ1n) is 8.47. The summed E-state index contributed by atoms with van der Waals surface area (Å²) in [5, 5.41) is 0. The van der Waals surface area contributed by atoms with Crippen LogP contribution in [0.15, 0.2) is 18.2 Å². The Hall–Kier alpha value is -1.91. The maximum atomic E-state index is 13.4. The van der Waals surface area contributed by atoms with Gasteiger partial charge in [0.05, 0.1) is 0 Å². The number of benzene rings is 1. The summed E-state index contributed by atoms with van der Waals surface area (Å²) < 4.78 is 18.8. The fraction of sp³-hybridized carbons (Fsp3) is 0.579. The number of piperidine rings is 1. The highest BCUT2D eigenvalue weighted by Gasteiger charge is 2.42. The Labute approximate surface area is 142 Å². The van der Waals surface area contributed by atoms with Crippen molar-refractivity contribution in [1.29, 1.82) is 0 Å². The van der Waals surface area contributed by atoms with Gasteiger partial charge in [0.25, 0.3) is 0 Å². The third-order valence-electron chi connectivity index (χ3n) is 4.95. The van der Waals surface area contributed by atoms with Gasteiger partial charge in [0.1, 0.15) is 11.4 Å². The van der Waals surface area contributed by atoms with Crippen molar-refractivity contribution in [2.24, 2.45) is 5.41 Å². The van der Waals surface area contributed by atoms with Gasteiger partial charge in [0, 0.05) is 25.1 Å². The first kappa shape index (κ1) is 16.9. The molecule has 130 valence electrons. The number of ether oxygens (including phenoxy) is 1. The number of amides is 1. The number of carbonyl (C=O) groups is 2. The molecule has 3 rings (SSSR count). The molecule has 0 unspecified atom stereocenters.